The van der Waals surface area contributed by atoms with Crippen molar-refractivity contribution in [1.82, 2.24) is 4.90 Å². The average molecular weight is 291 g/mol. The molecule has 0 bridgehead atoms. The number of nitrogens with zero attached hydrogens (tertiary/aromatic N) is 3. The zero-order valence-electron chi connectivity index (χ0n) is 12.3. The molecule has 1 amide bonds. The van der Waals surface area contributed by atoms with E-state index in [-0.39, 0.29) is 0 Å². The van der Waals surface area contributed by atoms with Crippen LogP contribution < -0.4 is 0 Å². The Morgan fingerprint density at radius 2 is 2.05 bits per heavy atom. The second-order valence-electron chi connectivity index (χ2n) is 4.51. The number of allylic oxidation sites excluding steroid dienone is 2. The summed E-state index contributed by atoms with van der Waals surface area (Å²) in [5.41, 5.74) is 1.85. The summed E-state index contributed by atoms with van der Waals surface area (Å²) < 4.78 is 0. The summed E-state index contributed by atoms with van der Waals surface area (Å²) in [5, 5.41) is 0. The zero-order valence-corrected chi connectivity index (χ0v) is 12.3. The van der Waals surface area contributed by atoms with Gasteiger partial charge < -0.3 is 4.90 Å². The van der Waals surface area contributed by atoms with E-state index >= 15 is 0 Å². The van der Waals surface area contributed by atoms with Gasteiger partial charge in [0.05, 0.1) is 0 Å². The predicted octanol–water partition coefficient (Wildman–Crippen LogP) is 3.25. The van der Waals surface area contributed by atoms with Crippen LogP contribution in [0.3, 0.4) is 0 Å². The maximum atomic E-state index is 11.6. The highest BCUT2D eigenvalue weighted by Gasteiger charge is 2.18. The maximum Gasteiger partial charge on any atom is 0.271 e. The molecule has 0 N–H and O–H groups in total. The van der Waals surface area contributed by atoms with Crippen LogP contribution in [-0.4, -0.2) is 22.5 Å². The quantitative estimate of drug-likeness (QED) is 0.631. The minimum atomic E-state index is -0.424. The van der Waals surface area contributed by atoms with Gasteiger partial charge in [-0.3, -0.25) is 4.79 Å². The molecule has 0 aliphatic carbocycles. The summed E-state index contributed by atoms with van der Waals surface area (Å²) in [5.74, 6) is 0.557. The van der Waals surface area contributed by atoms with Crippen molar-refractivity contribution in [2.45, 2.75) is 6.54 Å². The van der Waals surface area contributed by atoms with Crippen molar-refractivity contribution in [2.24, 2.45) is 9.98 Å². The van der Waals surface area contributed by atoms with Crippen molar-refractivity contribution in [3.8, 4) is 0 Å². The molecule has 1 heterocycles. The lowest BCUT2D eigenvalue weighted by molar-refractivity contribution is -0.113. The summed E-state index contributed by atoms with van der Waals surface area (Å²) in [7, 11) is 0. The van der Waals surface area contributed by atoms with Crippen molar-refractivity contribution in [3.05, 3.63) is 85.6 Å². The minimum Gasteiger partial charge on any atom is -0.329 e. The molecule has 0 unspecified atom stereocenters. The van der Waals surface area contributed by atoms with Gasteiger partial charge in [-0.2, -0.15) is 4.99 Å². The second kappa shape index (κ2) is 7.13. The largest absolute Gasteiger partial charge is 0.329 e. The number of aliphatic imine (C=N–C) groups is 2. The summed E-state index contributed by atoms with van der Waals surface area (Å²) >= 11 is 0. The monoisotopic (exact) mass is 291 g/mol. The third kappa shape index (κ3) is 3.35. The van der Waals surface area contributed by atoms with Crippen LogP contribution in [0.15, 0.2) is 84.5 Å². The molecule has 4 nitrogen and oxygen atoms in total. The SMILES string of the molecule is C=C/C=C\N1Cc2ccccc2/C(=N\C(=O)C=C)N=C1C=C. The van der Waals surface area contributed by atoms with Crippen LogP contribution in [-0.2, 0) is 11.3 Å². The van der Waals surface area contributed by atoms with Gasteiger partial charge in [0.1, 0.15) is 5.84 Å². The Labute approximate surface area is 130 Å². The Morgan fingerprint density at radius 1 is 1.27 bits per heavy atom. The van der Waals surface area contributed by atoms with Gasteiger partial charge in [0.25, 0.3) is 5.91 Å². The van der Waals surface area contributed by atoms with Crippen molar-refractivity contribution >= 4 is 17.6 Å². The molecule has 1 aromatic carbocycles. The maximum absolute atomic E-state index is 11.6. The van der Waals surface area contributed by atoms with E-state index in [1.807, 2.05) is 41.4 Å². The fourth-order valence-electron chi connectivity index (χ4n) is 2.07. The van der Waals surface area contributed by atoms with Crippen LogP contribution in [0.2, 0.25) is 0 Å². The summed E-state index contributed by atoms with van der Waals surface area (Å²) in [6.45, 7) is 11.5. The Morgan fingerprint density at radius 3 is 2.73 bits per heavy atom. The first-order valence-electron chi connectivity index (χ1n) is 6.80. The lowest BCUT2D eigenvalue weighted by atomic mass is 10.1. The fraction of sp³-hybridized carbons (Fsp3) is 0.0556. The first-order chi connectivity index (χ1) is 10.7. The highest BCUT2D eigenvalue weighted by molar-refractivity contribution is 6.15. The van der Waals surface area contributed by atoms with Crippen molar-refractivity contribution < 1.29 is 4.79 Å². The standard InChI is InChI=1S/C18H17N3O/c1-4-7-12-21-13-14-10-8-9-11-15(14)18(19-16(21)5-2)20-17(22)6-3/h4-12H,1-3,13H2/b12-7-,20-18+. The number of amides is 1. The molecule has 0 atom stereocenters. The first kappa shape index (κ1) is 15.4. The zero-order chi connectivity index (χ0) is 15.9. The number of rotatable bonds is 4. The Hall–Kier alpha value is -3.01. The molecule has 22 heavy (non-hydrogen) atoms. The van der Waals surface area contributed by atoms with Gasteiger partial charge in [-0.1, -0.05) is 50.1 Å². The van der Waals surface area contributed by atoms with E-state index in [0.717, 1.165) is 11.1 Å². The number of carbonyl (C=O) groups is 1. The van der Waals surface area contributed by atoms with Crippen LogP contribution >= 0.6 is 0 Å². The molecule has 110 valence electrons. The molecule has 0 radical (unpaired) electrons. The third-order valence-corrected chi connectivity index (χ3v) is 3.09. The number of carbonyl (C=O) groups excluding carboxylic acids is 1. The molecular formula is C18H17N3O. The van der Waals surface area contributed by atoms with Crippen LogP contribution in [0.25, 0.3) is 0 Å². The highest BCUT2D eigenvalue weighted by Crippen LogP contribution is 2.19. The number of hydrogen-bond acceptors (Lipinski definition) is 2. The van der Waals surface area contributed by atoms with E-state index in [2.05, 4.69) is 29.7 Å². The molecular weight excluding hydrogens is 274 g/mol. The smallest absolute Gasteiger partial charge is 0.271 e. The molecule has 1 aliphatic rings. The van der Waals surface area contributed by atoms with Gasteiger partial charge in [-0.05, 0) is 23.8 Å². The number of amidine groups is 2. The van der Waals surface area contributed by atoms with Crippen LogP contribution in [0.1, 0.15) is 11.1 Å². The van der Waals surface area contributed by atoms with E-state index in [1.54, 1.807) is 12.2 Å². The summed E-state index contributed by atoms with van der Waals surface area (Å²) in [4.78, 5) is 22.0. The van der Waals surface area contributed by atoms with Gasteiger partial charge in [-0.25, -0.2) is 4.99 Å². The molecule has 2 rings (SSSR count). The Bertz CT molecular complexity index is 711. The topological polar surface area (TPSA) is 45.0 Å². The number of benzene rings is 1. The molecule has 0 fully saturated rings. The van der Waals surface area contributed by atoms with Gasteiger partial charge in [0.15, 0.2) is 5.84 Å². The molecule has 0 spiro atoms. The fourth-order valence-corrected chi connectivity index (χ4v) is 2.07. The number of hydrogen-bond donors (Lipinski definition) is 0. The minimum absolute atomic E-state index is 0.366. The van der Waals surface area contributed by atoms with Crippen LogP contribution in [0.5, 0.6) is 0 Å². The lowest BCUT2D eigenvalue weighted by Crippen LogP contribution is -2.22. The second-order valence-corrected chi connectivity index (χ2v) is 4.51. The van der Waals surface area contributed by atoms with Crippen molar-refractivity contribution in [3.63, 3.8) is 0 Å². The third-order valence-electron chi connectivity index (χ3n) is 3.09. The van der Waals surface area contributed by atoms with Crippen LogP contribution in [0.4, 0.5) is 0 Å². The Balaban J connectivity index is 2.61. The average Bonchev–Trinajstić information content (AvgIpc) is 2.69. The molecule has 0 saturated carbocycles. The lowest BCUT2D eigenvalue weighted by Gasteiger charge is -2.18. The van der Waals surface area contributed by atoms with E-state index < -0.39 is 5.91 Å². The number of fused-ring (bicyclic) bond motifs is 1. The van der Waals surface area contributed by atoms with Gasteiger partial charge >= 0.3 is 0 Å². The Kier molecular flexibility index (Phi) is 4.98. The van der Waals surface area contributed by atoms with E-state index in [1.165, 1.54) is 6.08 Å². The van der Waals surface area contributed by atoms with Gasteiger partial charge in [-0.15, -0.1) is 0 Å². The van der Waals surface area contributed by atoms with Gasteiger partial charge in [0.2, 0.25) is 0 Å². The molecule has 0 aromatic heterocycles. The first-order valence-corrected chi connectivity index (χ1v) is 6.80. The molecule has 1 aliphatic heterocycles. The van der Waals surface area contributed by atoms with Crippen molar-refractivity contribution in [2.75, 3.05) is 0 Å². The molecule has 4 heteroatoms. The summed E-state index contributed by atoms with van der Waals surface area (Å²) in [6.07, 6.45) is 8.17. The van der Waals surface area contributed by atoms with E-state index in [0.29, 0.717) is 18.2 Å². The predicted molar refractivity (Wildman–Crippen MR) is 90.7 cm³/mol. The highest BCUT2D eigenvalue weighted by atomic mass is 16.1. The van der Waals surface area contributed by atoms with E-state index in [4.69, 9.17) is 0 Å². The molecule has 1 aromatic rings. The van der Waals surface area contributed by atoms with E-state index in [9.17, 15) is 4.79 Å². The summed E-state index contributed by atoms with van der Waals surface area (Å²) in [6, 6.07) is 7.72. The normalized spacial score (nSPS) is 15.9. The van der Waals surface area contributed by atoms with Crippen LogP contribution in [0, 0.1) is 0 Å². The molecule has 0 saturated heterocycles. The van der Waals surface area contributed by atoms with Crippen molar-refractivity contribution in [1.29, 1.82) is 0 Å². The van der Waals surface area contributed by atoms with Gasteiger partial charge in [0, 0.05) is 18.3 Å².